The van der Waals surface area contributed by atoms with Crippen LogP contribution >= 0.6 is 11.6 Å². The maximum absolute atomic E-state index is 12.8. The normalized spacial score (nSPS) is 15.8. The van der Waals surface area contributed by atoms with Crippen molar-refractivity contribution in [2.24, 2.45) is 5.41 Å². The van der Waals surface area contributed by atoms with Gasteiger partial charge in [0.1, 0.15) is 0 Å². The maximum Gasteiger partial charge on any atom is 0.263 e. The lowest BCUT2D eigenvalue weighted by Gasteiger charge is -2.38. The summed E-state index contributed by atoms with van der Waals surface area (Å²) in [5.41, 5.74) is 1.25. The Morgan fingerprint density at radius 2 is 1.75 bits per heavy atom. The van der Waals surface area contributed by atoms with Gasteiger partial charge in [-0.3, -0.25) is 4.72 Å². The molecule has 0 saturated carbocycles. The molecule has 0 bridgehead atoms. The van der Waals surface area contributed by atoms with Gasteiger partial charge in [0.2, 0.25) is 0 Å². The average molecular weight is 419 g/mol. The molecular formula is C19H19ClN4O3S. The molecule has 0 unspecified atom stereocenters. The summed E-state index contributed by atoms with van der Waals surface area (Å²) in [6, 6.07) is 13.4. The van der Waals surface area contributed by atoms with Crippen molar-refractivity contribution >= 4 is 44.3 Å². The summed E-state index contributed by atoms with van der Waals surface area (Å²) >= 11 is 5.94. The highest BCUT2D eigenvalue weighted by Crippen LogP contribution is 2.29. The van der Waals surface area contributed by atoms with E-state index in [1.165, 1.54) is 12.1 Å². The highest BCUT2D eigenvalue weighted by molar-refractivity contribution is 7.92. The van der Waals surface area contributed by atoms with Crippen molar-refractivity contribution in [1.82, 2.24) is 9.97 Å². The molecule has 1 fully saturated rings. The fraction of sp³-hybridized carbons (Fsp3) is 0.263. The molecule has 4 rings (SSSR count). The van der Waals surface area contributed by atoms with Crippen molar-refractivity contribution in [1.29, 1.82) is 0 Å². The molecule has 0 atom stereocenters. The van der Waals surface area contributed by atoms with Crippen LogP contribution in [0.2, 0.25) is 5.02 Å². The molecule has 2 N–H and O–H groups in total. The summed E-state index contributed by atoms with van der Waals surface area (Å²) < 4.78 is 33.5. The Morgan fingerprint density at radius 1 is 1.07 bits per heavy atom. The summed E-state index contributed by atoms with van der Waals surface area (Å²) in [6.45, 7) is 3.97. The first kappa shape index (κ1) is 18.9. The number of fused-ring (bicyclic) bond motifs is 1. The third-order valence-electron chi connectivity index (χ3n) is 4.49. The number of halogens is 1. The molecule has 0 aliphatic carbocycles. The molecule has 3 aromatic rings. The van der Waals surface area contributed by atoms with Crippen LogP contribution in [0.3, 0.4) is 0 Å². The van der Waals surface area contributed by atoms with Gasteiger partial charge in [-0.1, -0.05) is 36.7 Å². The van der Waals surface area contributed by atoms with Crippen molar-refractivity contribution in [2.75, 3.05) is 29.8 Å². The minimum atomic E-state index is -3.87. The number of aromatic nitrogens is 2. The summed E-state index contributed by atoms with van der Waals surface area (Å²) in [7, 11) is -3.87. The number of benzene rings is 2. The zero-order chi connectivity index (χ0) is 19.8. The van der Waals surface area contributed by atoms with E-state index >= 15 is 0 Å². The van der Waals surface area contributed by atoms with Gasteiger partial charge < -0.3 is 10.1 Å². The van der Waals surface area contributed by atoms with E-state index in [4.69, 9.17) is 16.3 Å². The quantitative estimate of drug-likeness (QED) is 0.636. The number of sulfonamides is 1. The lowest BCUT2D eigenvalue weighted by molar-refractivity contribution is -0.0924. The molecule has 1 saturated heterocycles. The van der Waals surface area contributed by atoms with E-state index in [1.807, 2.05) is 18.2 Å². The summed E-state index contributed by atoms with van der Waals surface area (Å²) in [5, 5.41) is 3.56. The first-order valence-corrected chi connectivity index (χ1v) is 10.6. The standard InChI is InChI=1S/C19H19ClN4O3S/c1-19(11-27-12-19)10-21-17-18(23-16-8-3-2-7-15(16)22-17)24-28(25,26)14-6-4-5-13(20)9-14/h2-9H,10-12H2,1H3,(H,21,22)(H,23,24). The van der Waals surface area contributed by atoms with Crippen LogP contribution in [0.15, 0.2) is 53.4 Å². The first-order valence-electron chi connectivity index (χ1n) is 8.72. The number of anilines is 2. The van der Waals surface area contributed by atoms with Crippen LogP contribution in [0.5, 0.6) is 0 Å². The molecule has 0 amide bonds. The van der Waals surface area contributed by atoms with Crippen molar-refractivity contribution in [2.45, 2.75) is 11.8 Å². The molecule has 1 aliphatic heterocycles. The van der Waals surface area contributed by atoms with Gasteiger partial charge in [0.25, 0.3) is 10.0 Å². The van der Waals surface area contributed by atoms with E-state index in [0.29, 0.717) is 41.6 Å². The molecule has 9 heteroatoms. The first-order chi connectivity index (χ1) is 13.3. The zero-order valence-corrected chi connectivity index (χ0v) is 16.7. The summed E-state index contributed by atoms with van der Waals surface area (Å²) in [5.74, 6) is 0.514. The Bertz CT molecular complexity index is 1130. The van der Waals surface area contributed by atoms with E-state index in [0.717, 1.165) is 0 Å². The summed E-state index contributed by atoms with van der Waals surface area (Å²) in [6.07, 6.45) is 0. The van der Waals surface area contributed by atoms with E-state index in [9.17, 15) is 8.42 Å². The van der Waals surface area contributed by atoms with Crippen molar-refractivity contribution in [3.05, 3.63) is 53.6 Å². The van der Waals surface area contributed by atoms with Crippen molar-refractivity contribution in [3.8, 4) is 0 Å². The number of hydrogen-bond donors (Lipinski definition) is 2. The Morgan fingerprint density at radius 3 is 2.36 bits per heavy atom. The Kier molecular flexibility index (Phi) is 4.86. The fourth-order valence-corrected chi connectivity index (χ4v) is 4.17. The highest BCUT2D eigenvalue weighted by Gasteiger charge is 2.33. The Labute approximate surface area is 168 Å². The Balaban J connectivity index is 1.70. The largest absolute Gasteiger partial charge is 0.380 e. The molecule has 2 heterocycles. The number of hydrogen-bond acceptors (Lipinski definition) is 6. The van der Waals surface area contributed by atoms with Gasteiger partial charge >= 0.3 is 0 Å². The Hall–Kier alpha value is -2.42. The second kappa shape index (κ2) is 7.20. The van der Waals surface area contributed by atoms with Crippen molar-refractivity contribution in [3.63, 3.8) is 0 Å². The number of rotatable bonds is 6. The molecule has 146 valence electrons. The lowest BCUT2D eigenvalue weighted by atomic mass is 9.89. The van der Waals surface area contributed by atoms with E-state index in [1.54, 1.807) is 18.2 Å². The van der Waals surface area contributed by atoms with Crippen LogP contribution in [0.1, 0.15) is 6.92 Å². The van der Waals surface area contributed by atoms with Crippen LogP contribution in [0, 0.1) is 5.41 Å². The summed E-state index contributed by atoms with van der Waals surface area (Å²) in [4.78, 5) is 9.09. The number of para-hydroxylation sites is 2. The van der Waals surface area contributed by atoms with E-state index in [-0.39, 0.29) is 16.1 Å². The minimum Gasteiger partial charge on any atom is -0.380 e. The SMILES string of the molecule is CC1(CNc2nc3ccccc3nc2NS(=O)(=O)c2cccc(Cl)c2)COC1. The van der Waals surface area contributed by atoms with Gasteiger partial charge in [-0.2, -0.15) is 0 Å². The van der Waals surface area contributed by atoms with Crippen LogP contribution in [0.4, 0.5) is 11.6 Å². The number of ether oxygens (including phenoxy) is 1. The molecule has 28 heavy (non-hydrogen) atoms. The third-order valence-corrected chi connectivity index (χ3v) is 6.06. The smallest absolute Gasteiger partial charge is 0.263 e. The van der Waals surface area contributed by atoms with Gasteiger partial charge in [-0.25, -0.2) is 18.4 Å². The second-order valence-electron chi connectivity index (χ2n) is 7.13. The molecule has 0 radical (unpaired) electrons. The second-order valence-corrected chi connectivity index (χ2v) is 9.25. The van der Waals surface area contributed by atoms with Crippen LogP contribution in [-0.4, -0.2) is 38.1 Å². The number of nitrogens with zero attached hydrogens (tertiary/aromatic N) is 2. The predicted octanol–water partition coefficient (Wildman–Crippen LogP) is 3.53. The minimum absolute atomic E-state index is 0.0174. The van der Waals surface area contributed by atoms with Crippen LogP contribution < -0.4 is 10.0 Å². The predicted molar refractivity (Wildman–Crippen MR) is 109 cm³/mol. The monoisotopic (exact) mass is 418 g/mol. The zero-order valence-electron chi connectivity index (χ0n) is 15.1. The molecule has 1 aliphatic rings. The van der Waals surface area contributed by atoms with Gasteiger partial charge in [-0.15, -0.1) is 0 Å². The lowest BCUT2D eigenvalue weighted by Crippen LogP contribution is -2.45. The van der Waals surface area contributed by atoms with Crippen molar-refractivity contribution < 1.29 is 13.2 Å². The van der Waals surface area contributed by atoms with Crippen LogP contribution in [0.25, 0.3) is 11.0 Å². The van der Waals surface area contributed by atoms with Gasteiger partial charge in [0.15, 0.2) is 11.6 Å². The highest BCUT2D eigenvalue weighted by atomic mass is 35.5. The molecule has 2 aromatic carbocycles. The maximum atomic E-state index is 12.8. The molecular weight excluding hydrogens is 400 g/mol. The average Bonchev–Trinajstić information content (AvgIpc) is 2.64. The van der Waals surface area contributed by atoms with Gasteiger partial charge in [-0.05, 0) is 30.3 Å². The fourth-order valence-electron chi connectivity index (χ4n) is 2.86. The molecule has 7 nitrogen and oxygen atoms in total. The van der Waals surface area contributed by atoms with E-state index < -0.39 is 10.0 Å². The van der Waals surface area contributed by atoms with Crippen LogP contribution in [-0.2, 0) is 14.8 Å². The molecule has 0 spiro atoms. The third kappa shape index (κ3) is 3.89. The van der Waals surface area contributed by atoms with Gasteiger partial charge in [0, 0.05) is 17.0 Å². The number of nitrogens with one attached hydrogen (secondary N) is 2. The van der Waals surface area contributed by atoms with Gasteiger partial charge in [0.05, 0.1) is 29.1 Å². The molecule has 1 aromatic heterocycles. The van der Waals surface area contributed by atoms with E-state index in [2.05, 4.69) is 26.9 Å². The topological polar surface area (TPSA) is 93.2 Å².